The molecule has 0 aromatic carbocycles. The van der Waals surface area contributed by atoms with Crippen molar-refractivity contribution in [3.63, 3.8) is 0 Å². The van der Waals surface area contributed by atoms with Crippen molar-refractivity contribution >= 4 is 5.91 Å². The Kier molecular flexibility index (Phi) is 2.93. The van der Waals surface area contributed by atoms with Gasteiger partial charge in [-0.3, -0.25) is 4.79 Å². The SMILES string of the molecule is CC1(C)CC1CNCC(N)C(N)=O. The van der Waals surface area contributed by atoms with E-state index in [1.54, 1.807) is 0 Å². The number of amides is 1. The van der Waals surface area contributed by atoms with Crippen molar-refractivity contribution < 1.29 is 4.79 Å². The summed E-state index contributed by atoms with van der Waals surface area (Å²) < 4.78 is 0. The van der Waals surface area contributed by atoms with Gasteiger partial charge in [-0.15, -0.1) is 0 Å². The zero-order chi connectivity index (χ0) is 10.1. The third-order valence-electron chi connectivity index (χ3n) is 2.84. The van der Waals surface area contributed by atoms with Gasteiger partial charge in [-0.05, 0) is 24.3 Å². The number of nitrogens with one attached hydrogen (secondary N) is 1. The van der Waals surface area contributed by atoms with Gasteiger partial charge in [0.05, 0.1) is 6.04 Å². The van der Waals surface area contributed by atoms with Crippen molar-refractivity contribution in [3.8, 4) is 0 Å². The van der Waals surface area contributed by atoms with E-state index >= 15 is 0 Å². The molecule has 0 bridgehead atoms. The lowest BCUT2D eigenvalue weighted by Crippen LogP contribution is -2.44. The van der Waals surface area contributed by atoms with Crippen LogP contribution in [0.15, 0.2) is 0 Å². The van der Waals surface area contributed by atoms with Crippen molar-refractivity contribution in [2.24, 2.45) is 22.8 Å². The molecule has 4 heteroatoms. The fourth-order valence-electron chi connectivity index (χ4n) is 1.44. The van der Waals surface area contributed by atoms with Gasteiger partial charge < -0.3 is 16.8 Å². The lowest BCUT2D eigenvalue weighted by molar-refractivity contribution is -0.119. The van der Waals surface area contributed by atoms with Crippen LogP contribution in [0.25, 0.3) is 0 Å². The maximum Gasteiger partial charge on any atom is 0.235 e. The lowest BCUT2D eigenvalue weighted by atomic mass is 10.1. The molecule has 1 amide bonds. The first-order chi connectivity index (χ1) is 5.93. The fraction of sp³-hybridized carbons (Fsp3) is 0.889. The highest BCUT2D eigenvalue weighted by Gasteiger charge is 2.44. The molecule has 1 aliphatic carbocycles. The van der Waals surface area contributed by atoms with Crippen LogP contribution in [0.4, 0.5) is 0 Å². The summed E-state index contributed by atoms with van der Waals surface area (Å²) >= 11 is 0. The summed E-state index contributed by atoms with van der Waals surface area (Å²) in [7, 11) is 0. The molecular weight excluding hydrogens is 166 g/mol. The van der Waals surface area contributed by atoms with Crippen LogP contribution in [-0.4, -0.2) is 25.0 Å². The van der Waals surface area contributed by atoms with E-state index in [-0.39, 0.29) is 0 Å². The summed E-state index contributed by atoms with van der Waals surface area (Å²) in [5.74, 6) is 0.287. The Morgan fingerprint density at radius 1 is 1.69 bits per heavy atom. The minimum Gasteiger partial charge on any atom is -0.368 e. The van der Waals surface area contributed by atoms with E-state index in [1.807, 2.05) is 0 Å². The molecule has 0 saturated heterocycles. The van der Waals surface area contributed by atoms with Crippen LogP contribution < -0.4 is 16.8 Å². The zero-order valence-electron chi connectivity index (χ0n) is 8.34. The molecule has 0 radical (unpaired) electrons. The molecule has 1 aliphatic rings. The second kappa shape index (κ2) is 3.64. The van der Waals surface area contributed by atoms with E-state index in [9.17, 15) is 4.79 Å². The highest BCUT2D eigenvalue weighted by atomic mass is 16.1. The van der Waals surface area contributed by atoms with Gasteiger partial charge in [0, 0.05) is 6.54 Å². The predicted octanol–water partition coefficient (Wildman–Crippen LogP) is -0.565. The average Bonchev–Trinajstić information content (AvgIpc) is 2.58. The Bertz CT molecular complexity index is 203. The molecular formula is C9H19N3O. The highest BCUT2D eigenvalue weighted by molar-refractivity contribution is 5.79. The van der Waals surface area contributed by atoms with Gasteiger partial charge >= 0.3 is 0 Å². The molecule has 0 aromatic rings. The van der Waals surface area contributed by atoms with Crippen LogP contribution in [0.1, 0.15) is 20.3 Å². The van der Waals surface area contributed by atoms with Gasteiger partial charge in [0.15, 0.2) is 0 Å². The minimum atomic E-state index is -0.554. The van der Waals surface area contributed by atoms with Gasteiger partial charge in [0.25, 0.3) is 0 Å². The van der Waals surface area contributed by atoms with Crippen molar-refractivity contribution in [2.75, 3.05) is 13.1 Å². The van der Waals surface area contributed by atoms with Crippen LogP contribution in [-0.2, 0) is 4.79 Å². The van der Waals surface area contributed by atoms with E-state index in [1.165, 1.54) is 6.42 Å². The first-order valence-corrected chi connectivity index (χ1v) is 4.69. The Morgan fingerprint density at radius 3 is 2.62 bits per heavy atom. The average molecular weight is 185 g/mol. The summed E-state index contributed by atoms with van der Waals surface area (Å²) in [6, 6.07) is -0.554. The lowest BCUT2D eigenvalue weighted by Gasteiger charge is -2.09. The topological polar surface area (TPSA) is 81.1 Å². The highest BCUT2D eigenvalue weighted by Crippen LogP contribution is 2.50. The Hall–Kier alpha value is -0.610. The van der Waals surface area contributed by atoms with Gasteiger partial charge in [0.1, 0.15) is 0 Å². The van der Waals surface area contributed by atoms with Crippen LogP contribution in [0.2, 0.25) is 0 Å². The maximum atomic E-state index is 10.6. The largest absolute Gasteiger partial charge is 0.368 e. The first kappa shape index (κ1) is 10.5. The number of carbonyl (C=O) groups is 1. The van der Waals surface area contributed by atoms with Crippen molar-refractivity contribution in [3.05, 3.63) is 0 Å². The quantitative estimate of drug-likeness (QED) is 0.537. The maximum absolute atomic E-state index is 10.6. The standard InChI is InChI=1S/C9H19N3O/c1-9(2)3-6(9)4-12-5-7(10)8(11)13/h6-7,12H,3-5,10H2,1-2H3,(H2,11,13). The minimum absolute atomic E-state index is 0.442. The van der Waals surface area contributed by atoms with Crippen LogP contribution in [0, 0.1) is 11.3 Å². The van der Waals surface area contributed by atoms with Crippen LogP contribution >= 0.6 is 0 Å². The fourth-order valence-corrected chi connectivity index (χ4v) is 1.44. The summed E-state index contributed by atoms with van der Waals surface area (Å²) in [4.78, 5) is 10.6. The molecule has 4 nitrogen and oxygen atoms in total. The van der Waals surface area contributed by atoms with E-state index in [2.05, 4.69) is 19.2 Å². The van der Waals surface area contributed by atoms with Crippen LogP contribution in [0.5, 0.6) is 0 Å². The molecule has 0 aromatic heterocycles. The molecule has 1 saturated carbocycles. The molecule has 0 heterocycles. The molecule has 5 N–H and O–H groups in total. The van der Waals surface area contributed by atoms with Crippen LogP contribution in [0.3, 0.4) is 0 Å². The van der Waals surface area contributed by atoms with Crippen molar-refractivity contribution in [2.45, 2.75) is 26.3 Å². The van der Waals surface area contributed by atoms with E-state index in [0.717, 1.165) is 12.5 Å². The third kappa shape index (κ3) is 2.97. The number of hydrogen-bond acceptors (Lipinski definition) is 3. The summed E-state index contributed by atoms with van der Waals surface area (Å²) in [6.45, 7) is 5.91. The first-order valence-electron chi connectivity index (χ1n) is 4.69. The monoisotopic (exact) mass is 185 g/mol. The van der Waals surface area contributed by atoms with Crippen molar-refractivity contribution in [1.29, 1.82) is 0 Å². The predicted molar refractivity (Wildman–Crippen MR) is 51.9 cm³/mol. The summed E-state index contributed by atoms with van der Waals surface area (Å²) in [6.07, 6.45) is 1.26. The van der Waals surface area contributed by atoms with Gasteiger partial charge in [-0.2, -0.15) is 0 Å². The number of nitrogens with two attached hydrogens (primary N) is 2. The molecule has 0 aliphatic heterocycles. The number of carbonyl (C=O) groups excluding carboxylic acids is 1. The van der Waals surface area contributed by atoms with Gasteiger partial charge in [-0.1, -0.05) is 13.8 Å². The summed E-state index contributed by atoms with van der Waals surface area (Å²) in [5, 5.41) is 3.16. The molecule has 13 heavy (non-hydrogen) atoms. The molecule has 2 atom stereocenters. The Balaban J connectivity index is 2.06. The summed E-state index contributed by atoms with van der Waals surface area (Å²) in [5.41, 5.74) is 10.9. The Morgan fingerprint density at radius 2 is 2.23 bits per heavy atom. The molecule has 0 spiro atoms. The molecule has 76 valence electrons. The second-order valence-corrected chi connectivity index (χ2v) is 4.56. The number of primary amides is 1. The second-order valence-electron chi connectivity index (χ2n) is 4.56. The third-order valence-corrected chi connectivity index (χ3v) is 2.84. The zero-order valence-corrected chi connectivity index (χ0v) is 8.34. The Labute approximate surface area is 79.0 Å². The smallest absolute Gasteiger partial charge is 0.235 e. The van der Waals surface area contributed by atoms with Crippen molar-refractivity contribution in [1.82, 2.24) is 5.32 Å². The van der Waals surface area contributed by atoms with Gasteiger partial charge in [-0.25, -0.2) is 0 Å². The normalized spacial score (nSPS) is 26.8. The number of rotatable bonds is 5. The molecule has 1 fully saturated rings. The van der Waals surface area contributed by atoms with E-state index < -0.39 is 11.9 Å². The molecule has 2 unspecified atom stereocenters. The van der Waals surface area contributed by atoms with E-state index in [0.29, 0.717) is 12.0 Å². The van der Waals surface area contributed by atoms with Gasteiger partial charge in [0.2, 0.25) is 5.91 Å². The molecule has 1 rings (SSSR count). The van der Waals surface area contributed by atoms with E-state index in [4.69, 9.17) is 11.5 Å². The number of hydrogen-bond donors (Lipinski definition) is 3.